The molecule has 1 heterocycles. The number of aliphatic imine (C=N–C) groups is 1. The average Bonchev–Trinajstić information content (AvgIpc) is 2.64. The lowest BCUT2D eigenvalue weighted by molar-refractivity contribution is 0.259. The van der Waals surface area contributed by atoms with E-state index in [2.05, 4.69) is 32.9 Å². The molecule has 90 valence electrons. The Hall–Kier alpha value is -1.11. The third-order valence-electron chi connectivity index (χ3n) is 2.64. The molecular formula is C12H14IN3O. The topological polar surface area (TPSA) is 44.7 Å². The van der Waals surface area contributed by atoms with Gasteiger partial charge in [0.1, 0.15) is 5.84 Å². The van der Waals surface area contributed by atoms with Crippen molar-refractivity contribution < 1.29 is 4.79 Å². The maximum atomic E-state index is 11.7. The molecule has 0 aliphatic carbocycles. The molecular weight excluding hydrogens is 329 g/mol. The minimum atomic E-state index is -0.296. The Morgan fingerprint density at radius 1 is 1.53 bits per heavy atom. The van der Waals surface area contributed by atoms with Gasteiger partial charge in [-0.25, -0.2) is 4.79 Å². The van der Waals surface area contributed by atoms with E-state index in [0.717, 1.165) is 34.5 Å². The highest BCUT2D eigenvalue weighted by Crippen LogP contribution is 2.13. The molecule has 17 heavy (non-hydrogen) atoms. The summed E-state index contributed by atoms with van der Waals surface area (Å²) in [6, 6.07) is 7.37. The van der Waals surface area contributed by atoms with Crippen LogP contribution in [-0.4, -0.2) is 30.4 Å². The van der Waals surface area contributed by atoms with E-state index < -0.39 is 0 Å². The summed E-state index contributed by atoms with van der Waals surface area (Å²) in [5, 5.41) is 2.77. The smallest absolute Gasteiger partial charge is 0.347 e. The lowest BCUT2D eigenvalue weighted by atomic mass is 10.3. The Morgan fingerprint density at radius 2 is 2.35 bits per heavy atom. The van der Waals surface area contributed by atoms with Gasteiger partial charge < -0.3 is 10.2 Å². The van der Waals surface area contributed by atoms with Gasteiger partial charge in [-0.1, -0.05) is 6.07 Å². The molecule has 0 spiro atoms. The Labute approximate surface area is 114 Å². The molecule has 4 nitrogen and oxygen atoms in total. The molecule has 1 aliphatic rings. The van der Waals surface area contributed by atoms with Gasteiger partial charge in [0.05, 0.1) is 0 Å². The quantitative estimate of drug-likeness (QED) is 0.797. The second-order valence-corrected chi connectivity index (χ2v) is 5.24. The summed E-state index contributed by atoms with van der Waals surface area (Å²) in [6.45, 7) is 0.981. The van der Waals surface area contributed by atoms with E-state index in [1.165, 1.54) is 0 Å². The number of likely N-dealkylation sites (tertiary alicyclic amines) is 1. The zero-order valence-electron chi connectivity index (χ0n) is 9.61. The number of nitrogens with zero attached hydrogens (tertiary/aromatic N) is 2. The zero-order valence-corrected chi connectivity index (χ0v) is 11.8. The molecule has 0 radical (unpaired) electrons. The fourth-order valence-electron chi connectivity index (χ4n) is 1.77. The van der Waals surface area contributed by atoms with Gasteiger partial charge in [-0.2, -0.15) is 4.99 Å². The highest BCUT2D eigenvalue weighted by Gasteiger charge is 2.15. The number of carbonyl (C=O) groups is 1. The number of amidine groups is 1. The van der Waals surface area contributed by atoms with Crippen molar-refractivity contribution in [3.63, 3.8) is 0 Å². The Balaban J connectivity index is 2.02. The van der Waals surface area contributed by atoms with E-state index in [0.29, 0.717) is 0 Å². The van der Waals surface area contributed by atoms with Crippen molar-refractivity contribution >= 4 is 40.1 Å². The first-order valence-electron chi connectivity index (χ1n) is 5.50. The van der Waals surface area contributed by atoms with Gasteiger partial charge in [-0.15, -0.1) is 0 Å². The van der Waals surface area contributed by atoms with Gasteiger partial charge in [0, 0.05) is 29.3 Å². The molecule has 0 bridgehead atoms. The monoisotopic (exact) mass is 343 g/mol. The number of urea groups is 1. The first-order valence-corrected chi connectivity index (χ1v) is 6.58. The summed E-state index contributed by atoms with van der Waals surface area (Å²) in [7, 11) is 1.96. The van der Waals surface area contributed by atoms with E-state index in [1.54, 1.807) is 0 Å². The number of nitrogens with one attached hydrogen (secondary N) is 1. The highest BCUT2D eigenvalue weighted by molar-refractivity contribution is 14.1. The number of rotatable bonds is 1. The Bertz CT molecular complexity index is 459. The standard InChI is InChI=1S/C12H14IN3O/c1-16-7-3-6-11(16)15-12(17)14-10-5-2-4-9(13)8-10/h2,4-5,8H,3,6-7H2,1H3,(H,14,17)/b15-11-. The predicted molar refractivity (Wildman–Crippen MR) is 77.5 cm³/mol. The normalized spacial score (nSPS) is 17.5. The third kappa shape index (κ3) is 3.42. The van der Waals surface area contributed by atoms with Crippen molar-refractivity contribution in [3.8, 4) is 0 Å². The van der Waals surface area contributed by atoms with Crippen LogP contribution in [0.25, 0.3) is 0 Å². The second-order valence-electron chi connectivity index (χ2n) is 3.99. The maximum absolute atomic E-state index is 11.7. The van der Waals surface area contributed by atoms with Gasteiger partial charge >= 0.3 is 6.03 Å². The number of benzene rings is 1. The van der Waals surface area contributed by atoms with Crippen LogP contribution in [0.3, 0.4) is 0 Å². The molecule has 0 unspecified atom stereocenters. The molecule has 1 aromatic rings. The van der Waals surface area contributed by atoms with E-state index in [9.17, 15) is 4.79 Å². The van der Waals surface area contributed by atoms with Crippen molar-refractivity contribution in [1.29, 1.82) is 0 Å². The van der Waals surface area contributed by atoms with Gasteiger partial charge in [-0.3, -0.25) is 0 Å². The summed E-state index contributed by atoms with van der Waals surface area (Å²) in [4.78, 5) is 17.8. The summed E-state index contributed by atoms with van der Waals surface area (Å²) in [5.74, 6) is 0.869. The maximum Gasteiger partial charge on any atom is 0.347 e. The number of halogens is 1. The van der Waals surface area contributed by atoms with Gasteiger partial charge in [0.25, 0.3) is 0 Å². The molecule has 1 aromatic carbocycles. The predicted octanol–water partition coefficient (Wildman–Crippen LogP) is 2.95. The molecule has 2 rings (SSSR count). The third-order valence-corrected chi connectivity index (χ3v) is 3.31. The van der Waals surface area contributed by atoms with Crippen LogP contribution in [0.1, 0.15) is 12.8 Å². The molecule has 1 saturated heterocycles. The highest BCUT2D eigenvalue weighted by atomic mass is 127. The van der Waals surface area contributed by atoms with Gasteiger partial charge in [0.2, 0.25) is 0 Å². The first kappa shape index (κ1) is 12.3. The van der Waals surface area contributed by atoms with Crippen LogP contribution in [0, 0.1) is 3.57 Å². The van der Waals surface area contributed by atoms with Crippen molar-refractivity contribution in [2.24, 2.45) is 4.99 Å². The Morgan fingerprint density at radius 3 is 3.00 bits per heavy atom. The first-order chi connectivity index (χ1) is 8.15. The number of carbonyl (C=O) groups excluding carboxylic acids is 1. The van der Waals surface area contributed by atoms with E-state index >= 15 is 0 Å². The van der Waals surface area contributed by atoms with Crippen molar-refractivity contribution in [2.45, 2.75) is 12.8 Å². The number of amides is 2. The zero-order chi connectivity index (χ0) is 12.3. The minimum Gasteiger partial charge on any atom is -0.363 e. The number of hydrogen-bond donors (Lipinski definition) is 1. The SMILES string of the molecule is CN1CCC/C1=N/C(=O)Nc1cccc(I)c1. The molecule has 2 amide bonds. The van der Waals surface area contributed by atoms with Crippen LogP contribution in [0.15, 0.2) is 29.3 Å². The van der Waals surface area contributed by atoms with Gasteiger partial charge in [0.15, 0.2) is 0 Å². The van der Waals surface area contributed by atoms with Crippen LogP contribution in [-0.2, 0) is 0 Å². The van der Waals surface area contributed by atoms with E-state index in [-0.39, 0.29) is 6.03 Å². The fourth-order valence-corrected chi connectivity index (χ4v) is 2.31. The van der Waals surface area contributed by atoms with Crippen molar-refractivity contribution in [1.82, 2.24) is 4.90 Å². The van der Waals surface area contributed by atoms with Crippen LogP contribution in [0.5, 0.6) is 0 Å². The van der Waals surface area contributed by atoms with Crippen LogP contribution < -0.4 is 5.32 Å². The van der Waals surface area contributed by atoms with E-state index in [4.69, 9.17) is 0 Å². The lowest BCUT2D eigenvalue weighted by Gasteiger charge is -2.10. The molecule has 1 aliphatic heterocycles. The lowest BCUT2D eigenvalue weighted by Crippen LogP contribution is -2.21. The minimum absolute atomic E-state index is 0.296. The summed E-state index contributed by atoms with van der Waals surface area (Å²) >= 11 is 2.21. The fraction of sp³-hybridized carbons (Fsp3) is 0.333. The molecule has 0 aromatic heterocycles. The van der Waals surface area contributed by atoms with Crippen LogP contribution in [0.2, 0.25) is 0 Å². The number of hydrogen-bond acceptors (Lipinski definition) is 1. The second kappa shape index (κ2) is 5.48. The molecule has 0 atom stereocenters. The molecule has 5 heteroatoms. The van der Waals surface area contributed by atoms with Gasteiger partial charge in [-0.05, 0) is 47.2 Å². The number of anilines is 1. The summed E-state index contributed by atoms with van der Waals surface area (Å²) in [5.41, 5.74) is 0.784. The Kier molecular flexibility index (Phi) is 3.98. The van der Waals surface area contributed by atoms with Crippen molar-refractivity contribution in [2.75, 3.05) is 18.9 Å². The summed E-state index contributed by atoms with van der Waals surface area (Å²) in [6.07, 6.45) is 1.96. The van der Waals surface area contributed by atoms with E-state index in [1.807, 2.05) is 36.2 Å². The summed E-state index contributed by atoms with van der Waals surface area (Å²) < 4.78 is 1.09. The van der Waals surface area contributed by atoms with Crippen molar-refractivity contribution in [3.05, 3.63) is 27.8 Å². The van der Waals surface area contributed by atoms with Crippen LogP contribution in [0.4, 0.5) is 10.5 Å². The molecule has 1 N–H and O–H groups in total. The molecule has 1 fully saturated rings. The average molecular weight is 343 g/mol. The van der Waals surface area contributed by atoms with Crippen LogP contribution >= 0.6 is 22.6 Å². The molecule has 0 saturated carbocycles. The largest absolute Gasteiger partial charge is 0.363 e.